The van der Waals surface area contributed by atoms with Crippen molar-refractivity contribution in [2.75, 3.05) is 0 Å². The highest BCUT2D eigenvalue weighted by atomic mass is 35.5. The number of cyclic esters (lactones) is 1. The van der Waals surface area contributed by atoms with Crippen molar-refractivity contribution in [3.05, 3.63) is 34.4 Å². The summed E-state index contributed by atoms with van der Waals surface area (Å²) in [5.74, 6) is -2.97. The first kappa shape index (κ1) is 25.7. The predicted octanol–water partition coefficient (Wildman–Crippen LogP) is 3.72. The number of rotatable bonds is 3. The van der Waals surface area contributed by atoms with Crippen LogP contribution in [0.2, 0.25) is 5.02 Å². The Morgan fingerprint density at radius 3 is 2.35 bits per heavy atom. The number of hydrogen-bond acceptors (Lipinski definition) is 9. The van der Waals surface area contributed by atoms with Gasteiger partial charge in [0.1, 0.15) is 23.5 Å². The largest absolute Gasteiger partial charge is 0.459 e. The lowest BCUT2D eigenvalue weighted by atomic mass is 9.98. The molecule has 0 spiro atoms. The zero-order valence-electron chi connectivity index (χ0n) is 19.4. The fourth-order valence-electron chi connectivity index (χ4n) is 3.87. The summed E-state index contributed by atoms with van der Waals surface area (Å²) in [4.78, 5) is 48.4. The highest BCUT2D eigenvalue weighted by Gasteiger charge is 2.40. The standard InChI is InChI=1S/C24H27ClO9/c1-12-9-19-18(34-19)8-6-5-7-16(31-13(2)26)10-17-22(24(29)30-12)20(32-14(3)27)11-21(23(17)25)33-15(4)28/h5,7,11-12,16,18-19H,6,8-10H2,1-4H3/b7-5+/t12-,16-,18+,19+/m1/s1. The molecular weight excluding hydrogens is 468 g/mol. The van der Waals surface area contributed by atoms with E-state index in [9.17, 15) is 19.2 Å². The van der Waals surface area contributed by atoms with Crippen LogP contribution < -0.4 is 9.47 Å². The van der Waals surface area contributed by atoms with Crippen LogP contribution in [0.15, 0.2) is 18.2 Å². The lowest BCUT2D eigenvalue weighted by Gasteiger charge is -2.22. The minimum Gasteiger partial charge on any atom is -0.459 e. The van der Waals surface area contributed by atoms with Crippen molar-refractivity contribution in [1.29, 1.82) is 0 Å². The molecule has 184 valence electrons. The molecule has 2 aliphatic rings. The summed E-state index contributed by atoms with van der Waals surface area (Å²) >= 11 is 6.55. The van der Waals surface area contributed by atoms with Crippen LogP contribution >= 0.6 is 11.6 Å². The molecule has 1 fully saturated rings. The molecular formula is C24H27ClO9. The molecule has 3 rings (SSSR count). The molecule has 4 atom stereocenters. The van der Waals surface area contributed by atoms with Crippen LogP contribution in [0.4, 0.5) is 0 Å². The molecule has 0 aliphatic carbocycles. The Kier molecular flexibility index (Phi) is 8.33. The molecule has 0 N–H and O–H groups in total. The van der Waals surface area contributed by atoms with Gasteiger partial charge in [0, 0.05) is 39.7 Å². The van der Waals surface area contributed by atoms with Gasteiger partial charge in [0.25, 0.3) is 0 Å². The van der Waals surface area contributed by atoms with Gasteiger partial charge >= 0.3 is 23.9 Å². The second kappa shape index (κ2) is 11.0. The van der Waals surface area contributed by atoms with E-state index in [1.807, 2.05) is 6.08 Å². The molecule has 34 heavy (non-hydrogen) atoms. The van der Waals surface area contributed by atoms with Gasteiger partial charge < -0.3 is 23.7 Å². The van der Waals surface area contributed by atoms with Gasteiger partial charge in [0.15, 0.2) is 5.75 Å². The summed E-state index contributed by atoms with van der Waals surface area (Å²) in [5, 5.41) is -0.0612. The van der Waals surface area contributed by atoms with Crippen molar-refractivity contribution in [1.82, 2.24) is 0 Å². The zero-order chi connectivity index (χ0) is 25.0. The third kappa shape index (κ3) is 6.80. The molecule has 10 heteroatoms. The van der Waals surface area contributed by atoms with Crippen LogP contribution in [-0.4, -0.2) is 48.3 Å². The van der Waals surface area contributed by atoms with Crippen LogP contribution in [-0.2, 0) is 35.0 Å². The second-order valence-corrected chi connectivity index (χ2v) is 8.63. The van der Waals surface area contributed by atoms with E-state index >= 15 is 0 Å². The van der Waals surface area contributed by atoms with Crippen molar-refractivity contribution in [3.8, 4) is 11.5 Å². The average Bonchev–Trinajstić information content (AvgIpc) is 3.43. The number of ether oxygens (including phenoxy) is 5. The van der Waals surface area contributed by atoms with Crippen molar-refractivity contribution in [3.63, 3.8) is 0 Å². The number of allylic oxidation sites excluding steroid dienone is 1. The summed E-state index contributed by atoms with van der Waals surface area (Å²) in [5.41, 5.74) is 0.0428. The summed E-state index contributed by atoms with van der Waals surface area (Å²) < 4.78 is 27.2. The maximum absolute atomic E-state index is 13.3. The second-order valence-electron chi connectivity index (χ2n) is 8.25. The molecule has 1 aromatic rings. The third-order valence-corrected chi connectivity index (χ3v) is 5.67. The van der Waals surface area contributed by atoms with Crippen molar-refractivity contribution >= 4 is 35.5 Å². The monoisotopic (exact) mass is 494 g/mol. The van der Waals surface area contributed by atoms with Crippen LogP contribution in [0.25, 0.3) is 0 Å². The molecule has 0 saturated carbocycles. The van der Waals surface area contributed by atoms with Gasteiger partial charge in [0.2, 0.25) is 0 Å². The topological polar surface area (TPSA) is 118 Å². The number of hydrogen-bond donors (Lipinski definition) is 0. The number of carbonyl (C=O) groups excluding carboxylic acids is 4. The van der Waals surface area contributed by atoms with Gasteiger partial charge in [-0.25, -0.2) is 4.79 Å². The SMILES string of the molecule is CC(=O)Oc1cc(OC(C)=O)c2c(c1Cl)C[C@H](OC(C)=O)/C=C/CC[C@@H]1O[C@H]1C[C@@H](C)OC2=O. The maximum Gasteiger partial charge on any atom is 0.342 e. The predicted molar refractivity (Wildman–Crippen MR) is 120 cm³/mol. The van der Waals surface area contributed by atoms with Gasteiger partial charge in [-0.1, -0.05) is 17.7 Å². The number of fused-ring (bicyclic) bond motifs is 2. The van der Waals surface area contributed by atoms with Crippen molar-refractivity contribution in [2.24, 2.45) is 0 Å². The molecule has 1 saturated heterocycles. The molecule has 0 aromatic heterocycles. The van der Waals surface area contributed by atoms with Crippen molar-refractivity contribution in [2.45, 2.75) is 77.8 Å². The first-order valence-electron chi connectivity index (χ1n) is 11.0. The molecule has 0 amide bonds. The van der Waals surface area contributed by atoms with Crippen LogP contribution in [0.3, 0.4) is 0 Å². The van der Waals surface area contributed by atoms with Crippen LogP contribution in [0.1, 0.15) is 62.9 Å². The Morgan fingerprint density at radius 2 is 1.71 bits per heavy atom. The van der Waals surface area contributed by atoms with E-state index in [1.165, 1.54) is 26.8 Å². The van der Waals surface area contributed by atoms with Gasteiger partial charge in [-0.2, -0.15) is 0 Å². The highest BCUT2D eigenvalue weighted by molar-refractivity contribution is 6.33. The summed E-state index contributed by atoms with van der Waals surface area (Å²) in [6.07, 6.45) is 4.26. The van der Waals surface area contributed by atoms with E-state index in [4.69, 9.17) is 35.3 Å². The minimum absolute atomic E-state index is 0.0225. The number of halogens is 1. The first-order valence-corrected chi connectivity index (χ1v) is 11.4. The van der Waals surface area contributed by atoms with Gasteiger partial charge in [-0.05, 0) is 31.4 Å². The normalized spacial score (nSPS) is 25.5. The van der Waals surface area contributed by atoms with Gasteiger partial charge in [0.05, 0.1) is 17.2 Å². The average molecular weight is 495 g/mol. The number of benzene rings is 1. The van der Waals surface area contributed by atoms with E-state index in [0.29, 0.717) is 12.8 Å². The smallest absolute Gasteiger partial charge is 0.342 e. The summed E-state index contributed by atoms with van der Waals surface area (Å²) in [6, 6.07) is 1.19. The summed E-state index contributed by atoms with van der Waals surface area (Å²) in [6.45, 7) is 5.35. The van der Waals surface area contributed by atoms with E-state index in [0.717, 1.165) is 6.42 Å². The highest BCUT2D eigenvalue weighted by Crippen LogP contribution is 2.40. The van der Waals surface area contributed by atoms with E-state index in [-0.39, 0.29) is 46.3 Å². The lowest BCUT2D eigenvalue weighted by molar-refractivity contribution is -0.144. The molecule has 2 heterocycles. The lowest BCUT2D eigenvalue weighted by Crippen LogP contribution is -2.23. The van der Waals surface area contributed by atoms with E-state index in [1.54, 1.807) is 13.0 Å². The molecule has 1 aromatic carbocycles. The quantitative estimate of drug-likeness (QED) is 0.268. The Balaban J connectivity index is 2.14. The third-order valence-electron chi connectivity index (χ3n) is 5.25. The van der Waals surface area contributed by atoms with E-state index in [2.05, 4.69) is 0 Å². The molecule has 2 aliphatic heterocycles. The number of carbonyl (C=O) groups is 4. The summed E-state index contributed by atoms with van der Waals surface area (Å²) in [7, 11) is 0. The molecule has 0 radical (unpaired) electrons. The van der Waals surface area contributed by atoms with Crippen LogP contribution in [0, 0.1) is 0 Å². The Labute approximate surface area is 202 Å². The molecule has 0 bridgehead atoms. The zero-order valence-corrected chi connectivity index (χ0v) is 20.2. The van der Waals surface area contributed by atoms with Crippen LogP contribution in [0.5, 0.6) is 11.5 Å². The Morgan fingerprint density at radius 1 is 1.03 bits per heavy atom. The molecule has 0 unspecified atom stereocenters. The Bertz CT molecular complexity index is 1020. The fraction of sp³-hybridized carbons (Fsp3) is 0.500. The number of epoxide rings is 1. The maximum atomic E-state index is 13.3. The van der Waals surface area contributed by atoms with Crippen molar-refractivity contribution < 1.29 is 42.9 Å². The molecule has 9 nitrogen and oxygen atoms in total. The van der Waals surface area contributed by atoms with Gasteiger partial charge in [-0.15, -0.1) is 0 Å². The van der Waals surface area contributed by atoms with E-state index < -0.39 is 36.1 Å². The Hall–Kier alpha value is -2.91. The number of esters is 4. The fourth-order valence-corrected chi connectivity index (χ4v) is 4.14. The minimum atomic E-state index is -0.796. The van der Waals surface area contributed by atoms with Gasteiger partial charge in [-0.3, -0.25) is 14.4 Å². The first-order chi connectivity index (χ1) is 16.0.